The number of carbonyl (C=O) groups excluding carboxylic acids is 4. The van der Waals surface area contributed by atoms with Gasteiger partial charge >= 0.3 is 0 Å². The van der Waals surface area contributed by atoms with Gasteiger partial charge in [-0.05, 0) is 26.2 Å². The van der Waals surface area contributed by atoms with Crippen molar-refractivity contribution in [3.05, 3.63) is 0 Å². The molecular weight excluding hydrogens is 272 g/mol. The van der Waals surface area contributed by atoms with Crippen molar-refractivity contribution in [2.75, 3.05) is 26.7 Å². The predicted molar refractivity (Wildman–Crippen MR) is 77.6 cm³/mol. The largest absolute Gasteiger partial charge is 0.345 e. The zero-order valence-corrected chi connectivity index (χ0v) is 12.9. The fraction of sp³-hybridized carbons (Fsp3) is 0.733. The lowest BCUT2D eigenvalue weighted by Crippen LogP contribution is -2.30. The summed E-state index contributed by atoms with van der Waals surface area (Å²) < 4.78 is 0. The number of hydrogen-bond donors (Lipinski definition) is 0. The minimum absolute atomic E-state index is 0.0366. The van der Waals surface area contributed by atoms with Gasteiger partial charge in [-0.2, -0.15) is 0 Å². The quantitative estimate of drug-likeness (QED) is 0.621. The van der Waals surface area contributed by atoms with Crippen molar-refractivity contribution in [3.8, 4) is 0 Å². The van der Waals surface area contributed by atoms with Gasteiger partial charge in [0.2, 0.25) is 11.8 Å². The number of ketones is 2. The Morgan fingerprint density at radius 1 is 1.05 bits per heavy atom. The molecule has 1 fully saturated rings. The molecule has 1 rings (SSSR count). The molecule has 0 N–H and O–H groups in total. The first-order chi connectivity index (χ1) is 9.90. The fourth-order valence-electron chi connectivity index (χ4n) is 2.32. The number of Topliss-reactive ketones (excluding diaryl/α,β-unsaturated/α-hetero) is 2. The van der Waals surface area contributed by atoms with Gasteiger partial charge in [-0.15, -0.1) is 0 Å². The molecular formula is C15H24N2O4. The normalized spacial score (nSPS) is 14.1. The van der Waals surface area contributed by atoms with Crippen molar-refractivity contribution in [1.29, 1.82) is 0 Å². The highest BCUT2D eigenvalue weighted by Crippen LogP contribution is 2.10. The lowest BCUT2D eigenvalue weighted by molar-refractivity contribution is -0.136. The summed E-state index contributed by atoms with van der Waals surface area (Å²) in [5.74, 6) is -0.569. The first kappa shape index (κ1) is 17.3. The van der Waals surface area contributed by atoms with Crippen LogP contribution in [0, 0.1) is 0 Å². The molecule has 0 bridgehead atoms. The number of hydrogen-bond acceptors (Lipinski definition) is 4. The highest BCUT2D eigenvalue weighted by atomic mass is 16.2. The van der Waals surface area contributed by atoms with Gasteiger partial charge in [0.05, 0.1) is 12.8 Å². The second-order valence-corrected chi connectivity index (χ2v) is 5.60. The molecule has 2 amide bonds. The third-order valence-electron chi connectivity index (χ3n) is 3.58. The summed E-state index contributed by atoms with van der Waals surface area (Å²) in [6.07, 6.45) is 2.71. The maximum Gasteiger partial charge on any atom is 0.230 e. The first-order valence-corrected chi connectivity index (χ1v) is 7.43. The predicted octanol–water partition coefficient (Wildman–Crippen LogP) is 0.786. The van der Waals surface area contributed by atoms with Gasteiger partial charge in [0.25, 0.3) is 0 Å². The molecule has 0 radical (unpaired) electrons. The minimum Gasteiger partial charge on any atom is -0.345 e. The van der Waals surface area contributed by atoms with Crippen LogP contribution in [0.2, 0.25) is 0 Å². The average Bonchev–Trinajstić information content (AvgIpc) is 2.91. The Balaban J connectivity index is 2.19. The second kappa shape index (κ2) is 8.54. The molecule has 0 aromatic heterocycles. The molecule has 118 valence electrons. The van der Waals surface area contributed by atoms with Crippen LogP contribution in [0.3, 0.4) is 0 Å². The summed E-state index contributed by atoms with van der Waals surface area (Å²) in [6, 6.07) is 0. The number of amides is 2. The molecule has 0 aromatic rings. The van der Waals surface area contributed by atoms with E-state index >= 15 is 0 Å². The number of likely N-dealkylation sites (tertiary alicyclic amines) is 1. The smallest absolute Gasteiger partial charge is 0.230 e. The summed E-state index contributed by atoms with van der Waals surface area (Å²) in [6.45, 7) is 3.32. The number of rotatable bonds is 8. The van der Waals surface area contributed by atoms with Gasteiger partial charge < -0.3 is 9.80 Å². The van der Waals surface area contributed by atoms with Crippen molar-refractivity contribution >= 4 is 23.4 Å². The molecule has 6 heteroatoms. The Morgan fingerprint density at radius 3 is 2.24 bits per heavy atom. The van der Waals surface area contributed by atoms with Crippen molar-refractivity contribution in [2.24, 2.45) is 0 Å². The van der Waals surface area contributed by atoms with Gasteiger partial charge in [0, 0.05) is 33.1 Å². The molecule has 1 saturated heterocycles. The Labute approximate surface area is 125 Å². The van der Waals surface area contributed by atoms with Gasteiger partial charge in [-0.25, -0.2) is 0 Å². The Kier molecular flexibility index (Phi) is 7.05. The average molecular weight is 296 g/mol. The van der Waals surface area contributed by atoms with Crippen LogP contribution >= 0.6 is 0 Å². The molecule has 0 saturated carbocycles. The van der Waals surface area contributed by atoms with E-state index in [4.69, 9.17) is 0 Å². The van der Waals surface area contributed by atoms with E-state index in [0.717, 1.165) is 25.9 Å². The maximum atomic E-state index is 11.8. The molecule has 6 nitrogen and oxygen atoms in total. The number of nitrogens with zero attached hydrogens (tertiary/aromatic N) is 2. The summed E-state index contributed by atoms with van der Waals surface area (Å²) in [7, 11) is 1.62. The van der Waals surface area contributed by atoms with Crippen LogP contribution in [-0.2, 0) is 19.2 Å². The van der Waals surface area contributed by atoms with Crippen molar-refractivity contribution < 1.29 is 19.2 Å². The zero-order chi connectivity index (χ0) is 15.8. The summed E-state index contributed by atoms with van der Waals surface area (Å²) >= 11 is 0. The van der Waals surface area contributed by atoms with E-state index in [9.17, 15) is 19.2 Å². The standard InChI is InChI=1S/C15H24N2O4/c1-12(18)10-14(20)16(2)7-5-6-13(19)11-15(21)17-8-3-4-9-17/h3-11H2,1-2H3. The topological polar surface area (TPSA) is 74.8 Å². The van der Waals surface area contributed by atoms with Crippen LogP contribution in [0.1, 0.15) is 45.4 Å². The van der Waals surface area contributed by atoms with Crippen LogP contribution in [0.25, 0.3) is 0 Å². The maximum absolute atomic E-state index is 11.8. The molecule has 0 aromatic carbocycles. The molecule has 0 spiro atoms. The van der Waals surface area contributed by atoms with Crippen LogP contribution < -0.4 is 0 Å². The second-order valence-electron chi connectivity index (χ2n) is 5.60. The Bertz CT molecular complexity index is 414. The van der Waals surface area contributed by atoms with E-state index in [1.807, 2.05) is 0 Å². The Morgan fingerprint density at radius 2 is 1.67 bits per heavy atom. The van der Waals surface area contributed by atoms with Crippen LogP contribution in [-0.4, -0.2) is 59.9 Å². The van der Waals surface area contributed by atoms with Crippen LogP contribution in [0.15, 0.2) is 0 Å². The minimum atomic E-state index is -0.233. The summed E-state index contributed by atoms with van der Waals surface area (Å²) in [5.41, 5.74) is 0. The van der Waals surface area contributed by atoms with E-state index in [1.54, 1.807) is 11.9 Å². The van der Waals surface area contributed by atoms with Crippen molar-refractivity contribution in [1.82, 2.24) is 9.80 Å². The van der Waals surface area contributed by atoms with E-state index < -0.39 is 0 Å². The molecule has 1 aliphatic rings. The lowest BCUT2D eigenvalue weighted by atomic mass is 10.1. The zero-order valence-electron chi connectivity index (χ0n) is 12.9. The van der Waals surface area contributed by atoms with Gasteiger partial charge in [0.1, 0.15) is 11.6 Å². The highest BCUT2D eigenvalue weighted by molar-refractivity contribution is 5.98. The third kappa shape index (κ3) is 6.51. The molecule has 1 heterocycles. The fourth-order valence-corrected chi connectivity index (χ4v) is 2.32. The lowest BCUT2D eigenvalue weighted by Gasteiger charge is -2.17. The van der Waals surface area contributed by atoms with Crippen LogP contribution in [0.5, 0.6) is 0 Å². The summed E-state index contributed by atoms with van der Waals surface area (Å²) in [5, 5.41) is 0. The van der Waals surface area contributed by atoms with Gasteiger partial charge in [-0.3, -0.25) is 19.2 Å². The van der Waals surface area contributed by atoms with Crippen LogP contribution in [0.4, 0.5) is 0 Å². The molecule has 0 unspecified atom stereocenters. The number of carbonyl (C=O) groups is 4. The molecule has 0 aliphatic carbocycles. The van der Waals surface area contributed by atoms with Gasteiger partial charge in [-0.1, -0.05) is 0 Å². The van der Waals surface area contributed by atoms with Gasteiger partial charge in [0.15, 0.2) is 0 Å². The molecule has 0 atom stereocenters. The highest BCUT2D eigenvalue weighted by Gasteiger charge is 2.20. The molecule has 21 heavy (non-hydrogen) atoms. The van der Waals surface area contributed by atoms with Crippen molar-refractivity contribution in [3.63, 3.8) is 0 Å². The third-order valence-corrected chi connectivity index (χ3v) is 3.58. The van der Waals surface area contributed by atoms with E-state index in [2.05, 4.69) is 0 Å². The van der Waals surface area contributed by atoms with E-state index in [0.29, 0.717) is 13.0 Å². The van der Waals surface area contributed by atoms with Crippen molar-refractivity contribution in [2.45, 2.75) is 45.4 Å². The monoisotopic (exact) mass is 296 g/mol. The first-order valence-electron chi connectivity index (χ1n) is 7.43. The SMILES string of the molecule is CC(=O)CC(=O)N(C)CCCC(=O)CC(=O)N1CCCC1. The Hall–Kier alpha value is -1.72. The van der Waals surface area contributed by atoms with E-state index in [-0.39, 0.29) is 42.6 Å². The summed E-state index contributed by atoms with van der Waals surface area (Å²) in [4.78, 5) is 49.1. The molecule has 1 aliphatic heterocycles. The van der Waals surface area contributed by atoms with E-state index in [1.165, 1.54) is 11.8 Å².